The highest BCUT2D eigenvalue weighted by Gasteiger charge is 2.15. The fraction of sp³-hybridized carbons (Fsp3) is 0.0588. The van der Waals surface area contributed by atoms with Crippen molar-refractivity contribution in [2.45, 2.75) is 0 Å². The summed E-state index contributed by atoms with van der Waals surface area (Å²) in [5.74, 6) is -1.84. The van der Waals surface area contributed by atoms with Gasteiger partial charge in [0.1, 0.15) is 11.4 Å². The summed E-state index contributed by atoms with van der Waals surface area (Å²) in [5.41, 5.74) is 6.27. The molecular formula is C17H14N6O4. The van der Waals surface area contributed by atoms with E-state index >= 15 is 0 Å². The number of hydrogen-bond acceptors (Lipinski definition) is 7. The largest absolute Gasteiger partial charge is 0.464 e. The highest BCUT2D eigenvalue weighted by Crippen LogP contribution is 2.20. The van der Waals surface area contributed by atoms with Crippen LogP contribution in [0.4, 0.5) is 5.69 Å². The van der Waals surface area contributed by atoms with Crippen LogP contribution < -0.4 is 11.1 Å². The van der Waals surface area contributed by atoms with Crippen molar-refractivity contribution in [3.63, 3.8) is 0 Å². The molecule has 0 saturated heterocycles. The average Bonchev–Trinajstić information content (AvgIpc) is 3.18. The summed E-state index contributed by atoms with van der Waals surface area (Å²) in [6.07, 6.45) is 3.87. The molecule has 0 bridgehead atoms. The second kappa shape index (κ2) is 7.44. The zero-order valence-corrected chi connectivity index (χ0v) is 14.1. The van der Waals surface area contributed by atoms with Crippen molar-refractivity contribution in [2.75, 3.05) is 12.4 Å². The topological polar surface area (TPSA) is 142 Å². The SMILES string of the molecule is COC(=O)c1cnc(C(=O)Nc2ccccc2-n2ccc(C(N)=O)n2)cn1. The number of carbonyl (C=O) groups is 3. The molecule has 0 atom stereocenters. The number of methoxy groups -OCH3 is 1. The van der Waals surface area contributed by atoms with Gasteiger partial charge >= 0.3 is 5.97 Å². The Morgan fingerprint density at radius 2 is 1.74 bits per heavy atom. The van der Waals surface area contributed by atoms with Gasteiger partial charge in [-0.15, -0.1) is 0 Å². The number of aromatic nitrogens is 4. The quantitative estimate of drug-likeness (QED) is 0.636. The fourth-order valence-corrected chi connectivity index (χ4v) is 2.21. The van der Waals surface area contributed by atoms with Crippen LogP contribution in [0.3, 0.4) is 0 Å². The summed E-state index contributed by atoms with van der Waals surface area (Å²) < 4.78 is 5.95. The second-order valence-corrected chi connectivity index (χ2v) is 5.26. The number of anilines is 1. The minimum Gasteiger partial charge on any atom is -0.464 e. The van der Waals surface area contributed by atoms with E-state index in [0.717, 1.165) is 6.20 Å². The first-order valence-corrected chi connectivity index (χ1v) is 7.66. The number of nitrogens with one attached hydrogen (secondary N) is 1. The Kier molecular flexibility index (Phi) is 4.88. The van der Waals surface area contributed by atoms with Gasteiger partial charge in [0.15, 0.2) is 5.69 Å². The summed E-state index contributed by atoms with van der Waals surface area (Å²) in [7, 11) is 1.22. The van der Waals surface area contributed by atoms with Crippen molar-refractivity contribution in [1.82, 2.24) is 19.7 Å². The number of carbonyl (C=O) groups excluding carboxylic acids is 3. The molecule has 0 spiro atoms. The van der Waals surface area contributed by atoms with Gasteiger partial charge in [0.2, 0.25) is 0 Å². The lowest BCUT2D eigenvalue weighted by Crippen LogP contribution is -2.17. The van der Waals surface area contributed by atoms with Crippen LogP contribution in [0.1, 0.15) is 31.5 Å². The molecule has 3 aromatic rings. The number of benzene rings is 1. The van der Waals surface area contributed by atoms with Gasteiger partial charge in [0.25, 0.3) is 11.8 Å². The van der Waals surface area contributed by atoms with Crippen LogP contribution in [0, 0.1) is 0 Å². The Labute approximate surface area is 153 Å². The molecule has 0 saturated carbocycles. The van der Waals surface area contributed by atoms with Gasteiger partial charge in [-0.25, -0.2) is 19.4 Å². The van der Waals surface area contributed by atoms with Crippen molar-refractivity contribution < 1.29 is 19.1 Å². The van der Waals surface area contributed by atoms with Crippen LogP contribution in [0.15, 0.2) is 48.9 Å². The first kappa shape index (κ1) is 17.7. The number of hydrogen-bond donors (Lipinski definition) is 2. The maximum atomic E-state index is 12.4. The summed E-state index contributed by atoms with van der Waals surface area (Å²) in [4.78, 5) is 42.8. The van der Waals surface area contributed by atoms with Gasteiger partial charge in [-0.3, -0.25) is 9.59 Å². The third kappa shape index (κ3) is 3.79. The van der Waals surface area contributed by atoms with E-state index in [4.69, 9.17) is 5.73 Å². The van der Waals surface area contributed by atoms with Crippen LogP contribution in [0.25, 0.3) is 5.69 Å². The zero-order chi connectivity index (χ0) is 19.4. The van der Waals surface area contributed by atoms with Gasteiger partial charge in [-0.1, -0.05) is 12.1 Å². The van der Waals surface area contributed by atoms with Crippen molar-refractivity contribution in [1.29, 1.82) is 0 Å². The van der Waals surface area contributed by atoms with Gasteiger partial charge in [0.05, 0.1) is 30.9 Å². The lowest BCUT2D eigenvalue weighted by Gasteiger charge is -2.10. The molecule has 27 heavy (non-hydrogen) atoms. The van der Waals surface area contributed by atoms with E-state index in [0.29, 0.717) is 11.4 Å². The number of nitrogens with zero attached hydrogens (tertiary/aromatic N) is 4. The molecule has 0 aliphatic rings. The van der Waals surface area contributed by atoms with E-state index in [1.54, 1.807) is 30.5 Å². The summed E-state index contributed by atoms with van der Waals surface area (Å²) in [6, 6.07) is 8.32. The van der Waals surface area contributed by atoms with E-state index in [1.165, 1.54) is 24.1 Å². The summed E-state index contributed by atoms with van der Waals surface area (Å²) in [6.45, 7) is 0. The number of nitrogens with two attached hydrogens (primary N) is 1. The number of para-hydroxylation sites is 2. The van der Waals surface area contributed by atoms with E-state index < -0.39 is 17.8 Å². The average molecular weight is 366 g/mol. The molecule has 0 radical (unpaired) electrons. The molecule has 1 aromatic carbocycles. The number of esters is 1. The van der Waals surface area contributed by atoms with Gasteiger partial charge in [-0.2, -0.15) is 5.10 Å². The first-order valence-electron chi connectivity index (χ1n) is 7.66. The minimum atomic E-state index is -0.656. The third-order valence-corrected chi connectivity index (χ3v) is 3.52. The van der Waals surface area contributed by atoms with Gasteiger partial charge in [-0.05, 0) is 18.2 Å². The zero-order valence-electron chi connectivity index (χ0n) is 14.1. The minimum absolute atomic E-state index is 0.00928. The summed E-state index contributed by atoms with van der Waals surface area (Å²) in [5, 5.41) is 6.76. The van der Waals surface area contributed by atoms with Crippen molar-refractivity contribution >= 4 is 23.5 Å². The third-order valence-electron chi connectivity index (χ3n) is 3.52. The van der Waals surface area contributed by atoms with E-state index in [9.17, 15) is 14.4 Å². The molecule has 0 aliphatic heterocycles. The second-order valence-electron chi connectivity index (χ2n) is 5.26. The highest BCUT2D eigenvalue weighted by atomic mass is 16.5. The monoisotopic (exact) mass is 366 g/mol. The van der Waals surface area contributed by atoms with E-state index in [-0.39, 0.29) is 17.1 Å². The Bertz CT molecular complexity index is 1010. The highest BCUT2D eigenvalue weighted by molar-refractivity contribution is 6.04. The van der Waals surface area contributed by atoms with Crippen molar-refractivity contribution in [3.05, 3.63) is 66.0 Å². The molecule has 0 fully saturated rings. The first-order chi connectivity index (χ1) is 13.0. The maximum absolute atomic E-state index is 12.4. The molecule has 0 aliphatic carbocycles. The van der Waals surface area contributed by atoms with Crippen LogP contribution in [0.5, 0.6) is 0 Å². The van der Waals surface area contributed by atoms with Crippen LogP contribution in [-0.4, -0.2) is 44.6 Å². The number of ether oxygens (including phenoxy) is 1. The Morgan fingerprint density at radius 1 is 1.04 bits per heavy atom. The standard InChI is InChI=1S/C17H14N6O4/c1-27-17(26)13-9-19-12(8-20-13)16(25)21-10-4-2-3-5-14(10)23-7-6-11(22-23)15(18)24/h2-9H,1H3,(H2,18,24)(H,21,25). The molecule has 10 nitrogen and oxygen atoms in total. The lowest BCUT2D eigenvalue weighted by atomic mass is 10.2. The summed E-state index contributed by atoms with van der Waals surface area (Å²) >= 11 is 0. The number of rotatable bonds is 5. The normalized spacial score (nSPS) is 10.3. The van der Waals surface area contributed by atoms with Crippen LogP contribution >= 0.6 is 0 Å². The molecule has 3 N–H and O–H groups in total. The van der Waals surface area contributed by atoms with Crippen molar-refractivity contribution in [3.8, 4) is 5.69 Å². The van der Waals surface area contributed by atoms with Crippen molar-refractivity contribution in [2.24, 2.45) is 5.73 Å². The van der Waals surface area contributed by atoms with Gasteiger partial charge < -0.3 is 15.8 Å². The molecule has 10 heteroatoms. The maximum Gasteiger partial charge on any atom is 0.358 e. The fourth-order valence-electron chi connectivity index (χ4n) is 2.21. The smallest absolute Gasteiger partial charge is 0.358 e. The molecule has 2 amide bonds. The Hall–Kier alpha value is -4.08. The number of amides is 2. The predicted octanol–water partition coefficient (Wildman–Crippen LogP) is 0.800. The van der Waals surface area contributed by atoms with Gasteiger partial charge in [0, 0.05) is 6.20 Å². The molecule has 136 valence electrons. The Balaban J connectivity index is 1.84. The van der Waals surface area contributed by atoms with E-state index in [1.807, 2.05) is 0 Å². The molecule has 3 rings (SSSR count). The molecule has 0 unspecified atom stereocenters. The molecule has 2 aromatic heterocycles. The number of primary amides is 1. The Morgan fingerprint density at radius 3 is 2.37 bits per heavy atom. The van der Waals surface area contributed by atoms with Crippen LogP contribution in [-0.2, 0) is 4.74 Å². The van der Waals surface area contributed by atoms with E-state index in [2.05, 4.69) is 25.1 Å². The lowest BCUT2D eigenvalue weighted by molar-refractivity contribution is 0.0592. The molecule has 2 heterocycles. The molecular weight excluding hydrogens is 352 g/mol. The predicted molar refractivity (Wildman–Crippen MR) is 93.4 cm³/mol. The van der Waals surface area contributed by atoms with Crippen LogP contribution in [0.2, 0.25) is 0 Å².